The van der Waals surface area contributed by atoms with Crippen molar-refractivity contribution in [1.82, 2.24) is 0 Å². The zero-order valence-electron chi connectivity index (χ0n) is 43.1. The summed E-state index contributed by atoms with van der Waals surface area (Å²) < 4.78 is 10.7. The van der Waals surface area contributed by atoms with Gasteiger partial charge < -0.3 is 14.6 Å². The van der Waals surface area contributed by atoms with E-state index in [1.807, 2.05) is 0 Å². The van der Waals surface area contributed by atoms with Gasteiger partial charge in [-0.15, -0.1) is 0 Å². The van der Waals surface area contributed by atoms with Gasteiger partial charge >= 0.3 is 11.9 Å². The van der Waals surface area contributed by atoms with Gasteiger partial charge in [0.25, 0.3) is 0 Å². The Hall–Kier alpha value is -1.88. The number of ether oxygens (including phenoxy) is 2. The first-order valence-corrected chi connectivity index (χ1v) is 28.5. The van der Waals surface area contributed by atoms with Crippen molar-refractivity contribution in [2.24, 2.45) is 0 Å². The number of allylic oxidation sites excluding steroid dienone is 6. The first kappa shape index (κ1) is 62.1. The monoisotopic (exact) mass is 899 g/mol. The highest BCUT2D eigenvalue weighted by atomic mass is 16.6. The van der Waals surface area contributed by atoms with E-state index in [-0.39, 0.29) is 25.2 Å². The summed E-state index contributed by atoms with van der Waals surface area (Å²) >= 11 is 0. The molecule has 0 heterocycles. The molecule has 64 heavy (non-hydrogen) atoms. The molecule has 5 heteroatoms. The van der Waals surface area contributed by atoms with Crippen molar-refractivity contribution in [3.8, 4) is 0 Å². The smallest absolute Gasteiger partial charge is 0.306 e. The molecule has 5 nitrogen and oxygen atoms in total. The average molecular weight is 900 g/mol. The van der Waals surface area contributed by atoms with Crippen LogP contribution >= 0.6 is 0 Å². The Morgan fingerprint density at radius 1 is 0.375 bits per heavy atom. The Kier molecular flexibility index (Phi) is 53.8. The van der Waals surface area contributed by atoms with Crippen LogP contribution in [0.4, 0.5) is 0 Å². The van der Waals surface area contributed by atoms with Crippen LogP contribution in [0.3, 0.4) is 0 Å². The topological polar surface area (TPSA) is 72.8 Å². The lowest BCUT2D eigenvalue weighted by Gasteiger charge is -2.15. The fourth-order valence-electron chi connectivity index (χ4n) is 8.69. The van der Waals surface area contributed by atoms with E-state index in [1.165, 1.54) is 218 Å². The van der Waals surface area contributed by atoms with Crippen LogP contribution in [0.15, 0.2) is 36.5 Å². The molecule has 0 aromatic rings. The second-order valence-corrected chi connectivity index (χ2v) is 19.3. The van der Waals surface area contributed by atoms with E-state index < -0.39 is 6.10 Å². The standard InChI is InChI=1S/C59H110O5/c1-3-5-7-9-11-13-15-17-19-21-22-23-24-25-26-27-28-29-30-31-32-33-34-35-36-38-39-41-43-45-47-49-51-53-58(61)63-56-57(55-60)64-59(62)54-52-50-48-46-44-42-40-37-20-18-16-14-12-10-8-6-4-2/h6,8,12,14,18,20,57,60H,3-5,7,9-11,13,15-17,19,21-56H2,1-2H3/b8-6-,14-12-,20-18-. The fraction of sp³-hybridized carbons (Fsp3) is 0.864. The predicted octanol–water partition coefficient (Wildman–Crippen LogP) is 19.1. The van der Waals surface area contributed by atoms with Crippen LogP contribution in [0.25, 0.3) is 0 Å². The number of esters is 2. The molecule has 376 valence electrons. The van der Waals surface area contributed by atoms with E-state index in [0.29, 0.717) is 12.8 Å². The maximum absolute atomic E-state index is 12.3. The van der Waals surface area contributed by atoms with E-state index in [1.54, 1.807) is 0 Å². The van der Waals surface area contributed by atoms with Crippen LogP contribution in [0, 0.1) is 0 Å². The molecule has 0 aliphatic rings. The lowest BCUT2D eigenvalue weighted by atomic mass is 10.0. The number of unbranched alkanes of at least 4 members (excludes halogenated alkanes) is 39. The minimum absolute atomic E-state index is 0.0662. The lowest BCUT2D eigenvalue weighted by Crippen LogP contribution is -2.28. The fourth-order valence-corrected chi connectivity index (χ4v) is 8.69. The molecule has 0 radical (unpaired) electrons. The first-order chi connectivity index (χ1) is 31.6. The van der Waals surface area contributed by atoms with Gasteiger partial charge in [0, 0.05) is 12.8 Å². The second-order valence-electron chi connectivity index (χ2n) is 19.3. The van der Waals surface area contributed by atoms with Crippen LogP contribution in [-0.2, 0) is 19.1 Å². The van der Waals surface area contributed by atoms with E-state index in [2.05, 4.69) is 50.3 Å². The van der Waals surface area contributed by atoms with Crippen LogP contribution in [-0.4, -0.2) is 36.4 Å². The van der Waals surface area contributed by atoms with Crippen molar-refractivity contribution in [3.63, 3.8) is 0 Å². The molecule has 1 N–H and O–H groups in total. The summed E-state index contributed by atoms with van der Waals surface area (Å²) in [5.74, 6) is -0.588. The Morgan fingerprint density at radius 2 is 0.672 bits per heavy atom. The molecule has 0 aromatic carbocycles. The highest BCUT2D eigenvalue weighted by Gasteiger charge is 2.16. The van der Waals surface area contributed by atoms with Crippen molar-refractivity contribution in [2.75, 3.05) is 13.2 Å². The third-order valence-corrected chi connectivity index (χ3v) is 12.9. The minimum atomic E-state index is -0.775. The summed E-state index contributed by atoms with van der Waals surface area (Å²) in [7, 11) is 0. The lowest BCUT2D eigenvalue weighted by molar-refractivity contribution is -0.161. The van der Waals surface area contributed by atoms with Crippen LogP contribution < -0.4 is 0 Å². The molecule has 0 amide bonds. The Balaban J connectivity index is 3.39. The molecule has 0 aliphatic carbocycles. The highest BCUT2D eigenvalue weighted by Crippen LogP contribution is 2.18. The van der Waals surface area contributed by atoms with Gasteiger partial charge in [-0.25, -0.2) is 0 Å². The maximum Gasteiger partial charge on any atom is 0.306 e. The molecule has 0 saturated carbocycles. The molecular formula is C59H110O5. The summed E-state index contributed by atoms with van der Waals surface area (Å²) in [6, 6.07) is 0. The van der Waals surface area contributed by atoms with Crippen LogP contribution in [0.2, 0.25) is 0 Å². The highest BCUT2D eigenvalue weighted by molar-refractivity contribution is 5.70. The van der Waals surface area contributed by atoms with E-state index in [0.717, 1.165) is 64.2 Å². The molecule has 0 rings (SSSR count). The van der Waals surface area contributed by atoms with Gasteiger partial charge in [-0.3, -0.25) is 9.59 Å². The molecule has 0 bridgehead atoms. The molecular weight excluding hydrogens is 789 g/mol. The van der Waals surface area contributed by atoms with Gasteiger partial charge in [0.2, 0.25) is 0 Å². The number of hydrogen-bond donors (Lipinski definition) is 1. The second kappa shape index (κ2) is 55.4. The molecule has 0 saturated heterocycles. The van der Waals surface area contributed by atoms with Gasteiger partial charge in [0.15, 0.2) is 6.10 Å². The third-order valence-electron chi connectivity index (χ3n) is 12.9. The van der Waals surface area contributed by atoms with Gasteiger partial charge in [-0.05, 0) is 44.9 Å². The van der Waals surface area contributed by atoms with Crippen molar-refractivity contribution in [1.29, 1.82) is 0 Å². The van der Waals surface area contributed by atoms with Crippen molar-refractivity contribution in [2.45, 2.75) is 315 Å². The predicted molar refractivity (Wildman–Crippen MR) is 279 cm³/mol. The van der Waals surface area contributed by atoms with E-state index in [4.69, 9.17) is 9.47 Å². The summed E-state index contributed by atoms with van der Waals surface area (Å²) in [5, 5.41) is 9.63. The van der Waals surface area contributed by atoms with Crippen molar-refractivity contribution in [3.05, 3.63) is 36.5 Å². The van der Waals surface area contributed by atoms with E-state index >= 15 is 0 Å². The first-order valence-electron chi connectivity index (χ1n) is 28.5. The van der Waals surface area contributed by atoms with Crippen molar-refractivity contribution >= 4 is 11.9 Å². The van der Waals surface area contributed by atoms with Gasteiger partial charge in [-0.2, -0.15) is 0 Å². The quantitative estimate of drug-likeness (QED) is 0.0374. The molecule has 0 aromatic heterocycles. The van der Waals surface area contributed by atoms with Gasteiger partial charge in [0.05, 0.1) is 6.61 Å². The SMILES string of the molecule is CC/C=C\C/C=C\C/C=C\CCCCCCCCCC(=O)OC(CO)COC(=O)CCCCCCCCCCCCCCCCCCCCCCCCCCCCCCCCCCC. The van der Waals surface area contributed by atoms with Gasteiger partial charge in [0.1, 0.15) is 6.61 Å². The zero-order chi connectivity index (χ0) is 46.3. The number of aliphatic hydroxyl groups is 1. The largest absolute Gasteiger partial charge is 0.462 e. The zero-order valence-corrected chi connectivity index (χ0v) is 43.1. The van der Waals surface area contributed by atoms with E-state index in [9.17, 15) is 14.7 Å². The number of rotatable bonds is 53. The summed E-state index contributed by atoms with van der Waals surface area (Å²) in [6.07, 6.45) is 71.4. The minimum Gasteiger partial charge on any atom is -0.462 e. The number of carbonyl (C=O) groups excluding carboxylic acids is 2. The van der Waals surface area contributed by atoms with Crippen LogP contribution in [0.5, 0.6) is 0 Å². The molecule has 0 aliphatic heterocycles. The number of aliphatic hydroxyl groups excluding tert-OH is 1. The third kappa shape index (κ3) is 52.7. The normalized spacial score (nSPS) is 12.4. The molecule has 1 atom stereocenters. The summed E-state index contributed by atoms with van der Waals surface area (Å²) in [5.41, 5.74) is 0. The molecule has 0 fully saturated rings. The van der Waals surface area contributed by atoms with Gasteiger partial charge in [-0.1, -0.05) is 288 Å². The summed E-state index contributed by atoms with van der Waals surface area (Å²) in [6.45, 7) is 4.06. The Bertz CT molecular complexity index is 1020. The molecule has 1 unspecified atom stereocenters. The molecule has 0 spiro atoms. The van der Waals surface area contributed by atoms with Crippen LogP contribution in [0.1, 0.15) is 309 Å². The summed E-state index contributed by atoms with van der Waals surface area (Å²) in [4.78, 5) is 24.5. The Labute approximate surface area is 399 Å². The number of carbonyl (C=O) groups is 2. The maximum atomic E-state index is 12.3. The Morgan fingerprint density at radius 3 is 1.02 bits per heavy atom. The van der Waals surface area contributed by atoms with Crippen molar-refractivity contribution < 1.29 is 24.2 Å². The average Bonchev–Trinajstić information content (AvgIpc) is 3.30. The number of hydrogen-bond acceptors (Lipinski definition) is 5.